The van der Waals surface area contributed by atoms with Gasteiger partial charge in [-0.15, -0.1) is 0 Å². The van der Waals surface area contributed by atoms with E-state index in [4.69, 9.17) is 4.74 Å². The summed E-state index contributed by atoms with van der Waals surface area (Å²) >= 11 is 0. The van der Waals surface area contributed by atoms with E-state index in [-0.39, 0.29) is 6.54 Å². The van der Waals surface area contributed by atoms with Crippen molar-refractivity contribution in [3.05, 3.63) is 84.4 Å². The Balaban J connectivity index is 1.73. The summed E-state index contributed by atoms with van der Waals surface area (Å²) < 4.78 is 31.3. The molecule has 0 aliphatic heterocycles. The normalized spacial score (nSPS) is 11.0. The zero-order valence-electron chi connectivity index (χ0n) is 16.2. The monoisotopic (exact) mass is 410 g/mol. The van der Waals surface area contributed by atoms with Gasteiger partial charge in [-0.1, -0.05) is 35.9 Å². The molecule has 0 bridgehead atoms. The average molecular weight is 410 g/mol. The van der Waals surface area contributed by atoms with Crippen LogP contribution in [0.15, 0.2) is 78.9 Å². The number of carbonyl (C=O) groups excluding carboxylic acids is 1. The predicted molar refractivity (Wildman–Crippen MR) is 115 cm³/mol. The summed E-state index contributed by atoms with van der Waals surface area (Å²) in [6.07, 6.45) is 1.07. The molecule has 3 aromatic rings. The highest BCUT2D eigenvalue weighted by Crippen LogP contribution is 2.25. The summed E-state index contributed by atoms with van der Waals surface area (Å²) in [5.74, 6) is 0.819. The van der Waals surface area contributed by atoms with E-state index in [1.807, 2.05) is 49.4 Å². The summed E-state index contributed by atoms with van der Waals surface area (Å²) in [6.45, 7) is 1.62. The van der Waals surface area contributed by atoms with Gasteiger partial charge in [-0.05, 0) is 55.5 Å². The number of para-hydroxylation sites is 1. The molecule has 0 saturated heterocycles. The smallest absolute Gasteiger partial charge is 0.245 e. The van der Waals surface area contributed by atoms with Crippen LogP contribution in [0.2, 0.25) is 0 Å². The van der Waals surface area contributed by atoms with Gasteiger partial charge in [0, 0.05) is 5.69 Å². The molecule has 7 heteroatoms. The average Bonchev–Trinajstić information content (AvgIpc) is 2.69. The van der Waals surface area contributed by atoms with Crippen LogP contribution in [-0.4, -0.2) is 27.1 Å². The fourth-order valence-electron chi connectivity index (χ4n) is 2.67. The van der Waals surface area contributed by atoms with Crippen molar-refractivity contribution in [1.82, 2.24) is 0 Å². The van der Waals surface area contributed by atoms with Crippen molar-refractivity contribution < 1.29 is 17.9 Å². The number of benzene rings is 3. The van der Waals surface area contributed by atoms with E-state index >= 15 is 0 Å². The van der Waals surface area contributed by atoms with Crippen molar-refractivity contribution in [1.29, 1.82) is 0 Å². The Morgan fingerprint density at radius 2 is 1.48 bits per heavy atom. The van der Waals surface area contributed by atoms with Crippen molar-refractivity contribution in [3.63, 3.8) is 0 Å². The molecule has 0 heterocycles. The molecule has 1 amide bonds. The Kier molecular flexibility index (Phi) is 6.19. The number of sulfonamides is 1. The minimum atomic E-state index is -3.65. The number of rotatable bonds is 7. The van der Waals surface area contributed by atoms with Crippen LogP contribution in [0.3, 0.4) is 0 Å². The lowest BCUT2D eigenvalue weighted by atomic mass is 10.2. The maximum Gasteiger partial charge on any atom is 0.245 e. The van der Waals surface area contributed by atoms with E-state index in [1.165, 1.54) is 0 Å². The molecule has 0 unspecified atom stereocenters. The highest BCUT2D eigenvalue weighted by atomic mass is 32.2. The first kappa shape index (κ1) is 20.4. The first-order valence-corrected chi connectivity index (χ1v) is 10.8. The second-order valence-corrected chi connectivity index (χ2v) is 8.50. The molecule has 0 fully saturated rings. The van der Waals surface area contributed by atoms with Crippen molar-refractivity contribution in [2.45, 2.75) is 6.92 Å². The van der Waals surface area contributed by atoms with Crippen LogP contribution < -0.4 is 14.4 Å². The van der Waals surface area contributed by atoms with Gasteiger partial charge in [-0.3, -0.25) is 9.10 Å². The molecule has 0 atom stereocenters. The molecule has 0 aliphatic carbocycles. The molecule has 3 aromatic carbocycles. The molecule has 0 saturated carbocycles. The Hall–Kier alpha value is -3.32. The molecule has 6 nitrogen and oxygen atoms in total. The van der Waals surface area contributed by atoms with Gasteiger partial charge in [-0.2, -0.15) is 0 Å². The minimum absolute atomic E-state index is 0.328. The van der Waals surface area contributed by atoms with Crippen LogP contribution in [0.1, 0.15) is 5.56 Å². The maximum absolute atomic E-state index is 12.4. The fourth-order valence-corrected chi connectivity index (χ4v) is 3.53. The van der Waals surface area contributed by atoms with Gasteiger partial charge in [0.05, 0.1) is 11.9 Å². The van der Waals surface area contributed by atoms with Crippen LogP contribution in [-0.2, 0) is 14.8 Å². The van der Waals surface area contributed by atoms with E-state index in [9.17, 15) is 13.2 Å². The third kappa shape index (κ3) is 5.83. The lowest BCUT2D eigenvalue weighted by molar-refractivity contribution is -0.114. The molecule has 0 aliphatic rings. The SMILES string of the molecule is Cc1ccc(NC(=O)CN(c2ccc(Oc3ccccc3)cc2)S(C)(=O)=O)cc1. The second-order valence-electron chi connectivity index (χ2n) is 6.59. The molecule has 150 valence electrons. The second kappa shape index (κ2) is 8.79. The van der Waals surface area contributed by atoms with Gasteiger partial charge in [0.2, 0.25) is 15.9 Å². The largest absolute Gasteiger partial charge is 0.457 e. The topological polar surface area (TPSA) is 75.7 Å². The number of amides is 1. The van der Waals surface area contributed by atoms with Crippen LogP contribution >= 0.6 is 0 Å². The number of nitrogens with one attached hydrogen (secondary N) is 1. The van der Waals surface area contributed by atoms with Crippen LogP contribution in [0.4, 0.5) is 11.4 Å². The van der Waals surface area contributed by atoms with E-state index < -0.39 is 15.9 Å². The van der Waals surface area contributed by atoms with Crippen molar-refractivity contribution >= 4 is 27.3 Å². The fraction of sp³-hybridized carbons (Fsp3) is 0.136. The van der Waals surface area contributed by atoms with Gasteiger partial charge in [0.15, 0.2) is 0 Å². The lowest BCUT2D eigenvalue weighted by Gasteiger charge is -2.22. The zero-order valence-corrected chi connectivity index (χ0v) is 17.0. The molecule has 0 spiro atoms. The summed E-state index contributed by atoms with van der Waals surface area (Å²) in [5.41, 5.74) is 2.06. The Bertz CT molecular complexity index is 1060. The predicted octanol–water partition coefficient (Wildman–Crippen LogP) is 4.19. The molecule has 0 aromatic heterocycles. The molecule has 29 heavy (non-hydrogen) atoms. The molecule has 1 N–H and O–H groups in total. The first-order chi connectivity index (χ1) is 13.8. The third-order valence-electron chi connectivity index (χ3n) is 4.13. The van der Waals surface area contributed by atoms with E-state index in [0.29, 0.717) is 22.9 Å². The molecular formula is C22H22N2O4S. The summed E-state index contributed by atoms with van der Waals surface area (Å²) in [5, 5.41) is 2.72. The zero-order chi connectivity index (χ0) is 20.9. The number of aryl methyl sites for hydroxylation is 1. The highest BCUT2D eigenvalue weighted by molar-refractivity contribution is 7.92. The molecule has 3 rings (SSSR count). The Morgan fingerprint density at radius 3 is 2.07 bits per heavy atom. The maximum atomic E-state index is 12.4. The standard InChI is InChI=1S/C22H22N2O4S/c1-17-8-10-18(11-9-17)23-22(25)16-24(29(2,26)27)19-12-14-21(15-13-19)28-20-6-4-3-5-7-20/h3-15H,16H2,1-2H3,(H,23,25). The van der Waals surface area contributed by atoms with Crippen molar-refractivity contribution in [3.8, 4) is 11.5 Å². The van der Waals surface area contributed by atoms with Gasteiger partial charge in [0.1, 0.15) is 18.0 Å². The quantitative estimate of drug-likeness (QED) is 0.634. The van der Waals surface area contributed by atoms with Crippen LogP contribution in [0.5, 0.6) is 11.5 Å². The first-order valence-electron chi connectivity index (χ1n) is 8.98. The number of carbonyl (C=O) groups is 1. The number of hydrogen-bond acceptors (Lipinski definition) is 4. The van der Waals surface area contributed by atoms with Crippen molar-refractivity contribution in [2.75, 3.05) is 22.4 Å². The van der Waals surface area contributed by atoms with E-state index in [1.54, 1.807) is 36.4 Å². The van der Waals surface area contributed by atoms with E-state index in [0.717, 1.165) is 16.1 Å². The number of anilines is 2. The lowest BCUT2D eigenvalue weighted by Crippen LogP contribution is -2.37. The number of ether oxygens (including phenoxy) is 1. The number of nitrogens with zero attached hydrogens (tertiary/aromatic N) is 1. The number of hydrogen-bond donors (Lipinski definition) is 1. The Morgan fingerprint density at radius 1 is 0.897 bits per heavy atom. The van der Waals surface area contributed by atoms with Crippen molar-refractivity contribution in [2.24, 2.45) is 0 Å². The summed E-state index contributed by atoms with van der Waals surface area (Å²) in [6, 6.07) is 23.1. The van der Waals surface area contributed by atoms with Crippen LogP contribution in [0.25, 0.3) is 0 Å². The highest BCUT2D eigenvalue weighted by Gasteiger charge is 2.21. The minimum Gasteiger partial charge on any atom is -0.457 e. The van der Waals surface area contributed by atoms with Gasteiger partial charge >= 0.3 is 0 Å². The summed E-state index contributed by atoms with van der Waals surface area (Å²) in [7, 11) is -3.65. The molecule has 0 radical (unpaired) electrons. The Labute approximate surface area is 170 Å². The third-order valence-corrected chi connectivity index (χ3v) is 5.27. The van der Waals surface area contributed by atoms with E-state index in [2.05, 4.69) is 5.32 Å². The summed E-state index contributed by atoms with van der Waals surface area (Å²) in [4.78, 5) is 12.4. The van der Waals surface area contributed by atoms with Gasteiger partial charge in [0.25, 0.3) is 0 Å². The van der Waals surface area contributed by atoms with Gasteiger partial charge < -0.3 is 10.1 Å². The van der Waals surface area contributed by atoms with Crippen LogP contribution in [0, 0.1) is 6.92 Å². The molecular weight excluding hydrogens is 388 g/mol. The van der Waals surface area contributed by atoms with Gasteiger partial charge in [-0.25, -0.2) is 8.42 Å².